The minimum Gasteiger partial charge on any atom is -0.440 e. The molecule has 1 amide bonds. The first-order valence-electron chi connectivity index (χ1n) is 8.48. The molecule has 2 N–H and O–H groups in total. The van der Waals surface area contributed by atoms with Gasteiger partial charge in [0, 0.05) is 11.6 Å². The van der Waals surface area contributed by atoms with Gasteiger partial charge in [-0.05, 0) is 55.8 Å². The Morgan fingerprint density at radius 1 is 1.39 bits per heavy atom. The number of carbonyl (C=O) groups excluding carboxylic acids is 1. The van der Waals surface area contributed by atoms with Crippen LogP contribution in [0.4, 0.5) is 5.69 Å². The lowest BCUT2D eigenvalue weighted by atomic mass is 9.77. The Labute approximate surface area is 135 Å². The van der Waals surface area contributed by atoms with Crippen molar-refractivity contribution in [3.05, 3.63) is 24.1 Å². The third-order valence-corrected chi connectivity index (χ3v) is 4.99. The monoisotopic (exact) mass is 313 g/mol. The third kappa shape index (κ3) is 2.85. The van der Waals surface area contributed by atoms with E-state index < -0.39 is 0 Å². The van der Waals surface area contributed by atoms with Crippen LogP contribution in [0.2, 0.25) is 0 Å². The number of nitrogens with one attached hydrogen (secondary N) is 2. The molecule has 1 aliphatic carbocycles. The van der Waals surface area contributed by atoms with Gasteiger partial charge in [0.2, 0.25) is 5.91 Å². The summed E-state index contributed by atoms with van der Waals surface area (Å²) in [6.07, 6.45) is 4.51. The van der Waals surface area contributed by atoms with Gasteiger partial charge in [-0.15, -0.1) is 0 Å². The molecule has 5 nitrogen and oxygen atoms in total. The van der Waals surface area contributed by atoms with Crippen LogP contribution in [-0.2, 0) is 4.79 Å². The highest BCUT2D eigenvalue weighted by molar-refractivity contribution is 5.96. The molecule has 2 heterocycles. The Balaban J connectivity index is 1.53. The fourth-order valence-corrected chi connectivity index (χ4v) is 3.40. The number of piperidine rings is 1. The summed E-state index contributed by atoms with van der Waals surface area (Å²) in [7, 11) is 0. The van der Waals surface area contributed by atoms with E-state index in [2.05, 4.69) is 29.5 Å². The van der Waals surface area contributed by atoms with E-state index in [0.717, 1.165) is 42.1 Å². The Morgan fingerprint density at radius 3 is 2.96 bits per heavy atom. The molecule has 1 saturated heterocycles. The molecule has 1 aliphatic heterocycles. The summed E-state index contributed by atoms with van der Waals surface area (Å²) in [5.74, 6) is 1.35. The van der Waals surface area contributed by atoms with Crippen molar-refractivity contribution in [2.24, 2.45) is 5.41 Å². The highest BCUT2D eigenvalue weighted by Crippen LogP contribution is 2.40. The summed E-state index contributed by atoms with van der Waals surface area (Å²) >= 11 is 0. The van der Waals surface area contributed by atoms with Crippen molar-refractivity contribution in [3.63, 3.8) is 0 Å². The van der Waals surface area contributed by atoms with Crippen LogP contribution in [0.25, 0.3) is 11.1 Å². The maximum absolute atomic E-state index is 12.6. The van der Waals surface area contributed by atoms with E-state index in [1.807, 2.05) is 18.2 Å². The first kappa shape index (κ1) is 14.7. The van der Waals surface area contributed by atoms with Crippen molar-refractivity contribution in [1.82, 2.24) is 10.3 Å². The lowest BCUT2D eigenvalue weighted by molar-refractivity contribution is -0.121. The van der Waals surface area contributed by atoms with E-state index in [0.29, 0.717) is 5.92 Å². The van der Waals surface area contributed by atoms with Gasteiger partial charge in [0.1, 0.15) is 5.52 Å². The molecule has 2 aromatic rings. The van der Waals surface area contributed by atoms with Crippen LogP contribution < -0.4 is 10.6 Å². The van der Waals surface area contributed by atoms with Crippen LogP contribution in [0.1, 0.15) is 51.3 Å². The first-order valence-corrected chi connectivity index (χ1v) is 8.48. The minimum absolute atomic E-state index is 0.0277. The zero-order valence-electron chi connectivity index (χ0n) is 13.7. The van der Waals surface area contributed by atoms with Crippen molar-refractivity contribution in [2.75, 3.05) is 11.9 Å². The van der Waals surface area contributed by atoms with Gasteiger partial charge in [0.25, 0.3) is 0 Å². The summed E-state index contributed by atoms with van der Waals surface area (Å²) < 4.78 is 5.77. The number of oxazole rings is 1. The fourth-order valence-electron chi connectivity index (χ4n) is 3.40. The molecule has 1 aromatic carbocycles. The molecule has 4 rings (SSSR count). The number of carbonyl (C=O) groups is 1. The zero-order valence-corrected chi connectivity index (χ0v) is 13.7. The number of nitrogens with zero attached hydrogens (tertiary/aromatic N) is 1. The normalized spacial score (nSPS) is 23.8. The number of hydrogen-bond acceptors (Lipinski definition) is 4. The lowest BCUT2D eigenvalue weighted by Gasteiger charge is -2.38. The van der Waals surface area contributed by atoms with Crippen molar-refractivity contribution in [1.29, 1.82) is 0 Å². The molecule has 1 saturated carbocycles. The predicted molar refractivity (Wildman–Crippen MR) is 89.4 cm³/mol. The van der Waals surface area contributed by atoms with Gasteiger partial charge in [0.05, 0.1) is 6.04 Å². The van der Waals surface area contributed by atoms with Crippen molar-refractivity contribution in [3.8, 4) is 0 Å². The maximum atomic E-state index is 12.6. The Bertz CT molecular complexity index is 746. The summed E-state index contributed by atoms with van der Waals surface area (Å²) in [5, 5.41) is 6.38. The SMILES string of the molecule is CC1(C)CCCNC1C(=O)Nc1ccc2oc(C3CC3)nc2c1. The molecule has 0 radical (unpaired) electrons. The van der Waals surface area contributed by atoms with Crippen LogP contribution in [-0.4, -0.2) is 23.5 Å². The van der Waals surface area contributed by atoms with Gasteiger partial charge >= 0.3 is 0 Å². The Morgan fingerprint density at radius 2 is 2.22 bits per heavy atom. The minimum atomic E-state index is -0.161. The topological polar surface area (TPSA) is 67.2 Å². The molecule has 122 valence electrons. The molecular formula is C18H23N3O2. The highest BCUT2D eigenvalue weighted by atomic mass is 16.3. The Hall–Kier alpha value is -1.88. The molecule has 1 unspecified atom stereocenters. The van der Waals surface area contributed by atoms with E-state index in [1.54, 1.807) is 0 Å². The van der Waals surface area contributed by atoms with Gasteiger partial charge in [-0.2, -0.15) is 0 Å². The summed E-state index contributed by atoms with van der Waals surface area (Å²) in [4.78, 5) is 17.2. The number of fused-ring (bicyclic) bond motifs is 1. The van der Waals surface area contributed by atoms with Crippen LogP contribution in [0.15, 0.2) is 22.6 Å². The largest absolute Gasteiger partial charge is 0.440 e. The number of amides is 1. The van der Waals surface area contributed by atoms with Crippen LogP contribution in [0, 0.1) is 5.41 Å². The standard InChI is InChI=1S/C18H23N3O2/c1-18(2)8-3-9-19-15(18)16(22)20-12-6-7-14-13(10-12)21-17(23-14)11-4-5-11/h6-7,10-11,15,19H,3-5,8-9H2,1-2H3,(H,20,22). The van der Waals surface area contributed by atoms with Crippen molar-refractivity contribution >= 4 is 22.7 Å². The maximum Gasteiger partial charge on any atom is 0.242 e. The van der Waals surface area contributed by atoms with Gasteiger partial charge in [-0.1, -0.05) is 13.8 Å². The second kappa shape index (κ2) is 5.34. The molecule has 23 heavy (non-hydrogen) atoms. The van der Waals surface area contributed by atoms with E-state index in [4.69, 9.17) is 4.42 Å². The number of benzene rings is 1. The fraction of sp³-hybridized carbons (Fsp3) is 0.556. The number of aromatic nitrogens is 1. The highest BCUT2D eigenvalue weighted by Gasteiger charge is 2.37. The summed E-state index contributed by atoms with van der Waals surface area (Å²) in [5.41, 5.74) is 2.36. The van der Waals surface area contributed by atoms with E-state index in [9.17, 15) is 4.79 Å². The molecule has 5 heteroatoms. The number of anilines is 1. The predicted octanol–water partition coefficient (Wildman–Crippen LogP) is 3.42. The van der Waals surface area contributed by atoms with Crippen LogP contribution in [0.3, 0.4) is 0 Å². The molecule has 0 spiro atoms. The van der Waals surface area contributed by atoms with Gasteiger partial charge in [-0.25, -0.2) is 4.98 Å². The molecule has 1 atom stereocenters. The van der Waals surface area contributed by atoms with Crippen molar-refractivity contribution in [2.45, 2.75) is 51.5 Å². The third-order valence-electron chi connectivity index (χ3n) is 4.99. The average Bonchev–Trinajstić information content (AvgIpc) is 3.26. The van der Waals surface area contributed by atoms with Crippen molar-refractivity contribution < 1.29 is 9.21 Å². The summed E-state index contributed by atoms with van der Waals surface area (Å²) in [6.45, 7) is 5.19. The van der Waals surface area contributed by atoms with Gasteiger partial charge < -0.3 is 15.1 Å². The molecule has 2 fully saturated rings. The second-order valence-electron chi connectivity index (χ2n) is 7.48. The number of rotatable bonds is 3. The molecule has 2 aliphatic rings. The second-order valence-corrected chi connectivity index (χ2v) is 7.48. The van der Waals surface area contributed by atoms with Crippen LogP contribution in [0.5, 0.6) is 0 Å². The quantitative estimate of drug-likeness (QED) is 0.911. The molecule has 0 bridgehead atoms. The summed E-state index contributed by atoms with van der Waals surface area (Å²) in [6, 6.07) is 5.52. The van der Waals surface area contributed by atoms with Gasteiger partial charge in [0.15, 0.2) is 11.5 Å². The number of hydrogen-bond donors (Lipinski definition) is 2. The first-order chi connectivity index (χ1) is 11.0. The molecular weight excluding hydrogens is 290 g/mol. The van der Waals surface area contributed by atoms with Gasteiger partial charge in [-0.3, -0.25) is 4.79 Å². The average molecular weight is 313 g/mol. The van der Waals surface area contributed by atoms with Crippen LogP contribution >= 0.6 is 0 Å². The van der Waals surface area contributed by atoms with E-state index >= 15 is 0 Å². The van der Waals surface area contributed by atoms with E-state index in [1.165, 1.54) is 12.8 Å². The Kier molecular flexibility index (Phi) is 3.41. The lowest BCUT2D eigenvalue weighted by Crippen LogP contribution is -2.53. The molecule has 1 aromatic heterocycles. The smallest absolute Gasteiger partial charge is 0.242 e. The van der Waals surface area contributed by atoms with E-state index in [-0.39, 0.29) is 17.4 Å². The zero-order chi connectivity index (χ0) is 16.0.